The van der Waals surface area contributed by atoms with Crippen LogP contribution in [0.1, 0.15) is 18.9 Å². The number of hydrogen-bond acceptors (Lipinski definition) is 3. The number of hydrogen-bond donors (Lipinski definition) is 1. The molecule has 0 saturated carbocycles. The van der Waals surface area contributed by atoms with E-state index in [2.05, 4.69) is 5.32 Å². The highest BCUT2D eigenvalue weighted by atomic mass is 19.1. The maximum atomic E-state index is 12.9. The van der Waals surface area contributed by atoms with Crippen molar-refractivity contribution < 1.29 is 18.7 Å². The summed E-state index contributed by atoms with van der Waals surface area (Å²) in [5.41, 5.74) is 1.05. The van der Waals surface area contributed by atoms with E-state index in [-0.39, 0.29) is 11.7 Å². The third-order valence-corrected chi connectivity index (χ3v) is 3.51. The van der Waals surface area contributed by atoms with Gasteiger partial charge in [0.25, 0.3) is 5.91 Å². The smallest absolute Gasteiger partial charge is 0.261 e. The van der Waals surface area contributed by atoms with Crippen LogP contribution < -0.4 is 14.8 Å². The molecule has 2 aromatic carbocycles. The van der Waals surface area contributed by atoms with E-state index in [0.29, 0.717) is 25.3 Å². The molecule has 0 aliphatic heterocycles. The van der Waals surface area contributed by atoms with E-state index in [9.17, 15) is 9.18 Å². The van der Waals surface area contributed by atoms with Gasteiger partial charge in [-0.1, -0.05) is 25.1 Å². The molecule has 128 valence electrons. The van der Waals surface area contributed by atoms with Gasteiger partial charge in [0.05, 0.1) is 6.54 Å². The van der Waals surface area contributed by atoms with Crippen LogP contribution in [0.4, 0.5) is 4.39 Å². The second-order valence-corrected chi connectivity index (χ2v) is 5.37. The molecular weight excluding hydrogens is 309 g/mol. The van der Waals surface area contributed by atoms with Crippen molar-refractivity contribution in [1.82, 2.24) is 5.32 Å². The minimum atomic E-state index is -0.617. The molecule has 0 heterocycles. The van der Waals surface area contributed by atoms with Gasteiger partial charge in [0.1, 0.15) is 23.9 Å². The Labute approximate surface area is 141 Å². The first kappa shape index (κ1) is 17.8. The van der Waals surface area contributed by atoms with E-state index in [1.807, 2.05) is 38.1 Å². The number of carbonyl (C=O) groups is 1. The summed E-state index contributed by atoms with van der Waals surface area (Å²) in [6.07, 6.45) is -0.101. The van der Waals surface area contributed by atoms with Crippen LogP contribution in [-0.4, -0.2) is 25.2 Å². The molecular formula is C19H22FNO3. The molecule has 0 aliphatic rings. The first-order chi connectivity index (χ1) is 11.6. The number of ether oxygens (including phenoxy) is 2. The maximum absolute atomic E-state index is 12.9. The first-order valence-corrected chi connectivity index (χ1v) is 7.98. The van der Waals surface area contributed by atoms with Gasteiger partial charge >= 0.3 is 0 Å². The number of aryl methyl sites for hydroxylation is 1. The Morgan fingerprint density at radius 1 is 1.17 bits per heavy atom. The summed E-state index contributed by atoms with van der Waals surface area (Å²) < 4.78 is 24.1. The van der Waals surface area contributed by atoms with E-state index in [4.69, 9.17) is 9.47 Å². The van der Waals surface area contributed by atoms with Crippen LogP contribution >= 0.6 is 0 Å². The van der Waals surface area contributed by atoms with Crippen molar-refractivity contribution in [3.8, 4) is 11.5 Å². The monoisotopic (exact) mass is 331 g/mol. The van der Waals surface area contributed by atoms with Gasteiger partial charge in [-0.05, 0) is 49.2 Å². The average molecular weight is 331 g/mol. The van der Waals surface area contributed by atoms with E-state index >= 15 is 0 Å². The summed E-state index contributed by atoms with van der Waals surface area (Å²) >= 11 is 0. The van der Waals surface area contributed by atoms with Gasteiger partial charge in [-0.2, -0.15) is 0 Å². The standard InChI is InChI=1S/C19H22FNO3/c1-3-17(24-16-10-8-15(20)9-11-16)19(22)21-12-13-23-18-7-5-4-6-14(18)2/h4-11,17H,3,12-13H2,1-2H3,(H,21,22)/t17-/m1/s1. The van der Waals surface area contributed by atoms with Gasteiger partial charge in [-0.3, -0.25) is 4.79 Å². The Morgan fingerprint density at radius 3 is 2.54 bits per heavy atom. The third-order valence-electron chi connectivity index (χ3n) is 3.51. The molecule has 1 atom stereocenters. The molecule has 0 bridgehead atoms. The molecule has 0 aromatic heterocycles. The van der Waals surface area contributed by atoms with Gasteiger partial charge in [0.15, 0.2) is 6.10 Å². The lowest BCUT2D eigenvalue weighted by molar-refractivity contribution is -0.128. The largest absolute Gasteiger partial charge is 0.491 e. The lowest BCUT2D eigenvalue weighted by Crippen LogP contribution is -2.39. The van der Waals surface area contributed by atoms with E-state index in [1.54, 1.807) is 0 Å². The third kappa shape index (κ3) is 5.26. The molecule has 2 aromatic rings. The van der Waals surface area contributed by atoms with Crippen LogP contribution in [0.25, 0.3) is 0 Å². The van der Waals surface area contributed by atoms with Crippen LogP contribution in [0.5, 0.6) is 11.5 Å². The van der Waals surface area contributed by atoms with Crippen molar-refractivity contribution in [2.45, 2.75) is 26.4 Å². The van der Waals surface area contributed by atoms with Crippen molar-refractivity contribution >= 4 is 5.91 Å². The highest BCUT2D eigenvalue weighted by molar-refractivity contribution is 5.81. The first-order valence-electron chi connectivity index (χ1n) is 7.98. The molecule has 0 saturated heterocycles. The van der Waals surface area contributed by atoms with Crippen LogP contribution in [0, 0.1) is 12.7 Å². The summed E-state index contributed by atoms with van der Waals surface area (Å²) in [5.74, 6) is 0.722. The summed E-state index contributed by atoms with van der Waals surface area (Å²) in [5, 5.41) is 2.79. The van der Waals surface area contributed by atoms with Crippen molar-refractivity contribution in [1.29, 1.82) is 0 Å². The highest BCUT2D eigenvalue weighted by Gasteiger charge is 2.17. The number of carbonyl (C=O) groups excluding carboxylic acids is 1. The molecule has 0 aliphatic carbocycles. The zero-order valence-electron chi connectivity index (χ0n) is 13.9. The number of benzene rings is 2. The second kappa shape index (κ2) is 8.91. The van der Waals surface area contributed by atoms with Crippen molar-refractivity contribution in [3.05, 3.63) is 59.9 Å². The number of nitrogens with one attached hydrogen (secondary N) is 1. The van der Waals surface area contributed by atoms with Gasteiger partial charge in [-0.15, -0.1) is 0 Å². The van der Waals surface area contributed by atoms with E-state index < -0.39 is 6.10 Å². The van der Waals surface area contributed by atoms with E-state index in [1.165, 1.54) is 24.3 Å². The quantitative estimate of drug-likeness (QED) is 0.753. The minimum Gasteiger partial charge on any atom is -0.491 e. The Morgan fingerprint density at radius 2 is 1.88 bits per heavy atom. The second-order valence-electron chi connectivity index (χ2n) is 5.37. The maximum Gasteiger partial charge on any atom is 0.261 e. The molecule has 2 rings (SSSR count). The Kier molecular flexibility index (Phi) is 6.61. The minimum absolute atomic E-state index is 0.213. The van der Waals surface area contributed by atoms with Crippen molar-refractivity contribution in [3.63, 3.8) is 0 Å². The number of rotatable bonds is 8. The topological polar surface area (TPSA) is 47.6 Å². The number of para-hydroxylation sites is 1. The van der Waals surface area contributed by atoms with Crippen LogP contribution in [0.2, 0.25) is 0 Å². The van der Waals surface area contributed by atoms with E-state index in [0.717, 1.165) is 11.3 Å². The summed E-state index contributed by atoms with van der Waals surface area (Å²) in [4.78, 5) is 12.2. The van der Waals surface area contributed by atoms with Crippen LogP contribution in [0.3, 0.4) is 0 Å². The Bertz CT molecular complexity index is 658. The predicted molar refractivity (Wildman–Crippen MR) is 90.8 cm³/mol. The molecule has 0 spiro atoms. The fraction of sp³-hybridized carbons (Fsp3) is 0.316. The fourth-order valence-electron chi connectivity index (χ4n) is 2.17. The van der Waals surface area contributed by atoms with Crippen molar-refractivity contribution in [2.24, 2.45) is 0 Å². The molecule has 5 heteroatoms. The zero-order valence-corrected chi connectivity index (χ0v) is 13.9. The fourth-order valence-corrected chi connectivity index (χ4v) is 2.17. The van der Waals surface area contributed by atoms with Crippen molar-refractivity contribution in [2.75, 3.05) is 13.2 Å². The summed E-state index contributed by atoms with van der Waals surface area (Å²) in [7, 11) is 0. The lowest BCUT2D eigenvalue weighted by atomic mass is 10.2. The molecule has 4 nitrogen and oxygen atoms in total. The molecule has 0 unspecified atom stereocenters. The van der Waals surface area contributed by atoms with Gasteiger partial charge in [0, 0.05) is 0 Å². The lowest BCUT2D eigenvalue weighted by Gasteiger charge is -2.17. The highest BCUT2D eigenvalue weighted by Crippen LogP contribution is 2.16. The number of amides is 1. The van der Waals surface area contributed by atoms with Gasteiger partial charge < -0.3 is 14.8 Å². The molecule has 0 fully saturated rings. The van der Waals surface area contributed by atoms with Crippen LogP contribution in [-0.2, 0) is 4.79 Å². The normalized spacial score (nSPS) is 11.6. The SMILES string of the molecule is CC[C@@H](Oc1ccc(F)cc1)C(=O)NCCOc1ccccc1C. The predicted octanol–water partition coefficient (Wildman–Crippen LogP) is 3.49. The molecule has 24 heavy (non-hydrogen) atoms. The van der Waals surface area contributed by atoms with Gasteiger partial charge in [0.2, 0.25) is 0 Å². The Hall–Kier alpha value is -2.56. The molecule has 0 radical (unpaired) electrons. The van der Waals surface area contributed by atoms with Crippen LogP contribution in [0.15, 0.2) is 48.5 Å². The molecule has 1 N–H and O–H groups in total. The zero-order chi connectivity index (χ0) is 17.4. The Balaban J connectivity index is 1.77. The molecule has 1 amide bonds. The number of halogens is 1. The summed E-state index contributed by atoms with van der Waals surface area (Å²) in [6.45, 7) is 4.59. The van der Waals surface area contributed by atoms with Gasteiger partial charge in [-0.25, -0.2) is 4.39 Å². The summed E-state index contributed by atoms with van der Waals surface area (Å²) in [6, 6.07) is 13.3. The average Bonchev–Trinajstić information content (AvgIpc) is 2.59.